The third kappa shape index (κ3) is 1.71. The Bertz CT molecular complexity index is 591. The van der Waals surface area contributed by atoms with E-state index in [1.165, 1.54) is 17.4 Å². The summed E-state index contributed by atoms with van der Waals surface area (Å²) in [6.07, 6.45) is 3.37. The summed E-state index contributed by atoms with van der Waals surface area (Å²) in [5.74, 6) is 1.46. The van der Waals surface area contributed by atoms with Crippen LogP contribution in [0.5, 0.6) is 0 Å². The summed E-state index contributed by atoms with van der Waals surface area (Å²) < 4.78 is 0. The van der Waals surface area contributed by atoms with Crippen LogP contribution in [-0.4, -0.2) is 18.6 Å². The minimum atomic E-state index is 0.684. The molecule has 0 aliphatic heterocycles. The zero-order valence-electron chi connectivity index (χ0n) is 9.83. The molecule has 1 fully saturated rings. The SMILES string of the molecule is CNCC1CC1c1c[nH]c2cc(C#N)ccc12. The fraction of sp³-hybridized carbons (Fsp3) is 0.357. The normalized spacial score (nSPS) is 22.6. The van der Waals surface area contributed by atoms with Gasteiger partial charge in [-0.05, 0) is 49.5 Å². The summed E-state index contributed by atoms with van der Waals surface area (Å²) in [6, 6.07) is 8.06. The molecule has 0 saturated heterocycles. The van der Waals surface area contributed by atoms with Gasteiger partial charge < -0.3 is 10.3 Å². The number of H-pyrrole nitrogens is 1. The van der Waals surface area contributed by atoms with Gasteiger partial charge in [-0.1, -0.05) is 6.07 Å². The molecule has 0 spiro atoms. The van der Waals surface area contributed by atoms with Crippen LogP contribution >= 0.6 is 0 Å². The molecule has 2 atom stereocenters. The van der Waals surface area contributed by atoms with Crippen molar-refractivity contribution in [3.63, 3.8) is 0 Å². The Labute approximate surface area is 100 Å². The summed E-state index contributed by atoms with van der Waals surface area (Å²) in [5, 5.41) is 13.4. The van der Waals surface area contributed by atoms with Gasteiger partial charge in [0.1, 0.15) is 0 Å². The number of hydrogen-bond donors (Lipinski definition) is 2. The first kappa shape index (κ1) is 10.4. The molecular formula is C14H15N3. The molecule has 3 rings (SSSR count). The molecule has 17 heavy (non-hydrogen) atoms. The largest absolute Gasteiger partial charge is 0.361 e. The standard InChI is InChI=1S/C14H15N3/c1-16-7-10-5-12(10)13-8-17-14-4-9(6-15)2-3-11(13)14/h2-4,8,10,12,16-17H,5,7H2,1H3. The summed E-state index contributed by atoms with van der Waals surface area (Å²) in [5.41, 5.74) is 3.20. The Hall–Kier alpha value is -1.79. The van der Waals surface area contributed by atoms with Gasteiger partial charge in [-0.25, -0.2) is 0 Å². The Morgan fingerprint density at radius 3 is 3.18 bits per heavy atom. The van der Waals surface area contributed by atoms with Gasteiger partial charge in [0.25, 0.3) is 0 Å². The van der Waals surface area contributed by atoms with Crippen LogP contribution in [0, 0.1) is 17.2 Å². The highest BCUT2D eigenvalue weighted by Crippen LogP contribution is 2.49. The quantitative estimate of drug-likeness (QED) is 0.842. The second-order valence-electron chi connectivity index (χ2n) is 4.78. The van der Waals surface area contributed by atoms with E-state index in [2.05, 4.69) is 28.6 Å². The molecule has 0 amide bonds. The number of fused-ring (bicyclic) bond motifs is 1. The van der Waals surface area contributed by atoms with Gasteiger partial charge in [0, 0.05) is 17.1 Å². The fourth-order valence-electron chi connectivity index (χ4n) is 2.64. The Morgan fingerprint density at radius 2 is 2.41 bits per heavy atom. The van der Waals surface area contributed by atoms with Gasteiger partial charge in [0.2, 0.25) is 0 Å². The second-order valence-corrected chi connectivity index (χ2v) is 4.78. The van der Waals surface area contributed by atoms with Crippen LogP contribution in [-0.2, 0) is 0 Å². The molecule has 2 aromatic rings. The highest BCUT2D eigenvalue weighted by Gasteiger charge is 2.38. The van der Waals surface area contributed by atoms with Crippen molar-refractivity contribution in [1.82, 2.24) is 10.3 Å². The smallest absolute Gasteiger partial charge is 0.0992 e. The van der Waals surface area contributed by atoms with Gasteiger partial charge in [0.05, 0.1) is 11.6 Å². The van der Waals surface area contributed by atoms with E-state index in [1.54, 1.807) is 0 Å². The van der Waals surface area contributed by atoms with E-state index in [-0.39, 0.29) is 0 Å². The van der Waals surface area contributed by atoms with Crippen LogP contribution in [0.3, 0.4) is 0 Å². The van der Waals surface area contributed by atoms with Crippen molar-refractivity contribution < 1.29 is 0 Å². The van der Waals surface area contributed by atoms with Crippen molar-refractivity contribution in [2.45, 2.75) is 12.3 Å². The number of rotatable bonds is 3. The first-order chi connectivity index (χ1) is 8.33. The summed E-state index contributed by atoms with van der Waals surface area (Å²) >= 11 is 0. The predicted octanol–water partition coefficient (Wildman–Crippen LogP) is 2.36. The molecule has 2 N–H and O–H groups in total. The van der Waals surface area contributed by atoms with Crippen molar-refractivity contribution in [3.05, 3.63) is 35.5 Å². The zero-order valence-corrected chi connectivity index (χ0v) is 9.83. The Balaban J connectivity index is 1.95. The van der Waals surface area contributed by atoms with Crippen molar-refractivity contribution >= 4 is 10.9 Å². The number of hydrogen-bond acceptors (Lipinski definition) is 2. The minimum Gasteiger partial charge on any atom is -0.361 e. The number of nitrogens with zero attached hydrogens (tertiary/aromatic N) is 1. The lowest BCUT2D eigenvalue weighted by Gasteiger charge is -1.98. The maximum atomic E-state index is 8.87. The van der Waals surface area contributed by atoms with Crippen LogP contribution in [0.25, 0.3) is 10.9 Å². The number of nitriles is 1. The van der Waals surface area contributed by atoms with Crippen LogP contribution in [0.2, 0.25) is 0 Å². The predicted molar refractivity (Wildman–Crippen MR) is 67.8 cm³/mol. The monoisotopic (exact) mass is 225 g/mol. The number of benzene rings is 1. The molecule has 1 aromatic carbocycles. The molecule has 2 unspecified atom stereocenters. The molecule has 0 radical (unpaired) electrons. The van der Waals surface area contributed by atoms with E-state index >= 15 is 0 Å². The molecule has 1 saturated carbocycles. The Kier molecular flexibility index (Phi) is 2.38. The topological polar surface area (TPSA) is 51.6 Å². The molecule has 1 aliphatic rings. The molecule has 3 heteroatoms. The third-order valence-electron chi connectivity index (χ3n) is 3.63. The van der Waals surface area contributed by atoms with Crippen molar-refractivity contribution in [2.75, 3.05) is 13.6 Å². The lowest BCUT2D eigenvalue weighted by Crippen LogP contribution is -2.10. The van der Waals surface area contributed by atoms with E-state index in [9.17, 15) is 0 Å². The fourth-order valence-corrected chi connectivity index (χ4v) is 2.64. The third-order valence-corrected chi connectivity index (χ3v) is 3.63. The van der Waals surface area contributed by atoms with E-state index in [4.69, 9.17) is 5.26 Å². The van der Waals surface area contributed by atoms with Crippen LogP contribution in [0.1, 0.15) is 23.5 Å². The van der Waals surface area contributed by atoms with Crippen molar-refractivity contribution in [3.8, 4) is 6.07 Å². The molecular weight excluding hydrogens is 210 g/mol. The van der Waals surface area contributed by atoms with E-state index in [1.807, 2.05) is 19.2 Å². The molecule has 3 nitrogen and oxygen atoms in total. The van der Waals surface area contributed by atoms with Crippen molar-refractivity contribution in [2.24, 2.45) is 5.92 Å². The van der Waals surface area contributed by atoms with Gasteiger partial charge in [-0.3, -0.25) is 0 Å². The lowest BCUT2D eigenvalue weighted by molar-refractivity contribution is 0.699. The van der Waals surface area contributed by atoms with E-state index in [0.29, 0.717) is 11.5 Å². The van der Waals surface area contributed by atoms with Gasteiger partial charge in [-0.2, -0.15) is 5.26 Å². The maximum Gasteiger partial charge on any atom is 0.0992 e. The second kappa shape index (κ2) is 3.90. The summed E-state index contributed by atoms with van der Waals surface area (Å²) in [7, 11) is 2.00. The highest BCUT2D eigenvalue weighted by atomic mass is 14.8. The molecule has 1 aromatic heterocycles. The average Bonchev–Trinajstić information content (AvgIpc) is 2.99. The average molecular weight is 225 g/mol. The minimum absolute atomic E-state index is 0.684. The summed E-state index contributed by atoms with van der Waals surface area (Å²) in [4.78, 5) is 3.28. The van der Waals surface area contributed by atoms with Crippen LogP contribution in [0.4, 0.5) is 0 Å². The van der Waals surface area contributed by atoms with Gasteiger partial charge in [-0.15, -0.1) is 0 Å². The Morgan fingerprint density at radius 1 is 1.53 bits per heavy atom. The first-order valence-corrected chi connectivity index (χ1v) is 5.99. The van der Waals surface area contributed by atoms with E-state index in [0.717, 1.165) is 18.0 Å². The zero-order chi connectivity index (χ0) is 11.8. The lowest BCUT2D eigenvalue weighted by atomic mass is 10.1. The maximum absolute atomic E-state index is 8.87. The van der Waals surface area contributed by atoms with E-state index < -0.39 is 0 Å². The number of aromatic amines is 1. The summed E-state index contributed by atoms with van der Waals surface area (Å²) in [6.45, 7) is 1.09. The van der Waals surface area contributed by atoms with Crippen LogP contribution in [0.15, 0.2) is 24.4 Å². The highest BCUT2D eigenvalue weighted by molar-refractivity contribution is 5.85. The first-order valence-electron chi connectivity index (χ1n) is 5.99. The number of nitrogens with one attached hydrogen (secondary N) is 2. The van der Waals surface area contributed by atoms with Gasteiger partial charge in [0.15, 0.2) is 0 Å². The molecule has 1 heterocycles. The molecule has 0 bridgehead atoms. The number of aromatic nitrogens is 1. The molecule has 1 aliphatic carbocycles. The van der Waals surface area contributed by atoms with Gasteiger partial charge >= 0.3 is 0 Å². The van der Waals surface area contributed by atoms with Crippen LogP contribution < -0.4 is 5.32 Å². The van der Waals surface area contributed by atoms with Crippen molar-refractivity contribution in [1.29, 1.82) is 5.26 Å². The molecule has 86 valence electrons.